The molecule has 0 aliphatic heterocycles. The molecule has 0 bridgehead atoms. The normalized spacial score (nSPS) is 11.8. The minimum absolute atomic E-state index is 0.382. The van der Waals surface area contributed by atoms with E-state index in [2.05, 4.69) is 26.1 Å². The number of nitrogens with one attached hydrogen (secondary N) is 1. The van der Waals surface area contributed by atoms with Gasteiger partial charge in [-0.15, -0.1) is 0 Å². The van der Waals surface area contributed by atoms with Crippen LogP contribution in [0, 0.1) is 0 Å². The molecule has 20 heavy (non-hydrogen) atoms. The van der Waals surface area contributed by atoms with Crippen molar-refractivity contribution in [1.29, 1.82) is 0 Å². The molecule has 0 aliphatic carbocycles. The molecule has 110 valence electrons. The quantitative estimate of drug-likeness (QED) is 0.694. The van der Waals surface area contributed by atoms with Crippen LogP contribution in [0.15, 0.2) is 10.5 Å². The molecule has 2 aromatic rings. The van der Waals surface area contributed by atoms with Crippen LogP contribution in [-0.4, -0.2) is 6.04 Å². The van der Waals surface area contributed by atoms with E-state index in [1.807, 2.05) is 0 Å². The fourth-order valence-corrected chi connectivity index (χ4v) is 2.98. The summed E-state index contributed by atoms with van der Waals surface area (Å²) in [6, 6.07) is 2.01. The molecular formula is C15H18Cl3NO. The number of hydrogen-bond acceptors (Lipinski definition) is 2. The lowest BCUT2D eigenvalue weighted by Gasteiger charge is -2.07. The van der Waals surface area contributed by atoms with Gasteiger partial charge in [-0.25, -0.2) is 0 Å². The second-order valence-electron chi connectivity index (χ2n) is 5.15. The predicted molar refractivity (Wildman–Crippen MR) is 87.2 cm³/mol. The van der Waals surface area contributed by atoms with Gasteiger partial charge in [-0.1, -0.05) is 62.0 Å². The fourth-order valence-electron chi connectivity index (χ4n) is 2.23. The zero-order valence-corrected chi connectivity index (χ0v) is 14.1. The average Bonchev–Trinajstić information content (AvgIpc) is 2.74. The summed E-state index contributed by atoms with van der Waals surface area (Å²) in [5.74, 6) is 0.890. The number of rotatable bonds is 5. The van der Waals surface area contributed by atoms with Gasteiger partial charge in [-0.3, -0.25) is 0 Å². The Labute approximate surface area is 134 Å². The molecule has 1 N–H and O–H groups in total. The molecule has 0 fully saturated rings. The van der Waals surface area contributed by atoms with Gasteiger partial charge in [0.15, 0.2) is 5.58 Å². The fraction of sp³-hybridized carbons (Fsp3) is 0.467. The molecular weight excluding hydrogens is 317 g/mol. The van der Waals surface area contributed by atoms with Crippen LogP contribution >= 0.6 is 34.8 Å². The molecule has 5 heteroatoms. The lowest BCUT2D eigenvalue weighted by Crippen LogP contribution is -2.22. The van der Waals surface area contributed by atoms with E-state index in [0.29, 0.717) is 33.2 Å². The lowest BCUT2D eigenvalue weighted by atomic mass is 10.1. The van der Waals surface area contributed by atoms with Crippen molar-refractivity contribution in [2.24, 2.45) is 0 Å². The van der Waals surface area contributed by atoms with Crippen LogP contribution in [0.3, 0.4) is 0 Å². The van der Waals surface area contributed by atoms with E-state index in [1.54, 1.807) is 6.07 Å². The Morgan fingerprint density at radius 3 is 2.50 bits per heavy atom. The first kappa shape index (κ1) is 16.0. The highest BCUT2D eigenvalue weighted by Crippen LogP contribution is 2.41. The van der Waals surface area contributed by atoms with Crippen LogP contribution < -0.4 is 5.32 Å². The third-order valence-corrected chi connectivity index (χ3v) is 4.23. The Bertz CT molecular complexity index is 619. The van der Waals surface area contributed by atoms with Crippen molar-refractivity contribution in [2.75, 3.05) is 0 Å². The molecule has 1 aromatic heterocycles. The standard InChI is InChI=1S/C15H18Cl3NO/c1-4-5-9-12(7-19-8(2)3)20-15-11(17)6-10(16)14(18)13(9)15/h6,8,19H,4-5,7H2,1-3H3. The van der Waals surface area contributed by atoms with E-state index in [0.717, 1.165) is 29.6 Å². The molecule has 0 spiro atoms. The Kier molecular flexibility index (Phi) is 5.25. The molecule has 2 rings (SSSR count). The smallest absolute Gasteiger partial charge is 0.154 e. The van der Waals surface area contributed by atoms with Crippen LogP contribution in [0.25, 0.3) is 11.0 Å². The van der Waals surface area contributed by atoms with Gasteiger partial charge in [0, 0.05) is 17.0 Å². The minimum Gasteiger partial charge on any atom is -0.458 e. The molecule has 2 nitrogen and oxygen atoms in total. The number of furan rings is 1. The summed E-state index contributed by atoms with van der Waals surface area (Å²) in [6.45, 7) is 6.97. The first-order chi connectivity index (χ1) is 9.45. The Morgan fingerprint density at radius 1 is 1.20 bits per heavy atom. The number of benzene rings is 1. The second-order valence-corrected chi connectivity index (χ2v) is 6.34. The summed E-state index contributed by atoms with van der Waals surface area (Å²) in [5, 5.41) is 5.70. The van der Waals surface area contributed by atoms with Crippen molar-refractivity contribution < 1.29 is 4.42 Å². The number of fused-ring (bicyclic) bond motifs is 1. The molecule has 1 aromatic carbocycles. The Hall–Kier alpha value is -0.410. The van der Waals surface area contributed by atoms with Crippen LogP contribution in [-0.2, 0) is 13.0 Å². The van der Waals surface area contributed by atoms with Crippen LogP contribution in [0.1, 0.15) is 38.5 Å². The van der Waals surface area contributed by atoms with Crippen LogP contribution in [0.5, 0.6) is 0 Å². The molecule has 0 unspecified atom stereocenters. The molecule has 0 aliphatic rings. The Balaban J connectivity index is 2.60. The molecule has 0 saturated heterocycles. The highest BCUT2D eigenvalue weighted by atomic mass is 35.5. The maximum absolute atomic E-state index is 6.34. The van der Waals surface area contributed by atoms with Gasteiger partial charge in [0.05, 0.1) is 21.6 Å². The van der Waals surface area contributed by atoms with Gasteiger partial charge >= 0.3 is 0 Å². The zero-order valence-electron chi connectivity index (χ0n) is 11.8. The van der Waals surface area contributed by atoms with E-state index in [-0.39, 0.29) is 0 Å². The number of halogens is 3. The molecule has 1 heterocycles. The van der Waals surface area contributed by atoms with E-state index in [4.69, 9.17) is 39.2 Å². The van der Waals surface area contributed by atoms with E-state index in [9.17, 15) is 0 Å². The summed E-state index contributed by atoms with van der Waals surface area (Å²) in [5.41, 5.74) is 1.73. The number of aryl methyl sites for hydroxylation is 1. The van der Waals surface area contributed by atoms with Gasteiger partial charge in [-0.2, -0.15) is 0 Å². The van der Waals surface area contributed by atoms with Gasteiger partial charge in [0.1, 0.15) is 5.76 Å². The first-order valence-corrected chi connectivity index (χ1v) is 7.90. The highest BCUT2D eigenvalue weighted by Gasteiger charge is 2.20. The van der Waals surface area contributed by atoms with Crippen molar-refractivity contribution in [1.82, 2.24) is 5.32 Å². The highest BCUT2D eigenvalue weighted by molar-refractivity contribution is 6.47. The van der Waals surface area contributed by atoms with Gasteiger partial charge in [0.2, 0.25) is 0 Å². The van der Waals surface area contributed by atoms with Gasteiger partial charge in [0.25, 0.3) is 0 Å². The van der Waals surface area contributed by atoms with Gasteiger partial charge < -0.3 is 9.73 Å². The average molecular weight is 335 g/mol. The van der Waals surface area contributed by atoms with Gasteiger partial charge in [-0.05, 0) is 12.5 Å². The molecule has 0 saturated carbocycles. The lowest BCUT2D eigenvalue weighted by molar-refractivity contribution is 0.483. The van der Waals surface area contributed by atoms with Crippen molar-refractivity contribution in [3.8, 4) is 0 Å². The maximum Gasteiger partial charge on any atom is 0.154 e. The van der Waals surface area contributed by atoms with Crippen LogP contribution in [0.2, 0.25) is 15.1 Å². The third-order valence-electron chi connectivity index (χ3n) is 3.16. The summed E-state index contributed by atoms with van der Waals surface area (Å²) in [6.07, 6.45) is 1.89. The Morgan fingerprint density at radius 2 is 1.90 bits per heavy atom. The zero-order chi connectivity index (χ0) is 14.9. The largest absolute Gasteiger partial charge is 0.458 e. The summed E-state index contributed by atoms with van der Waals surface area (Å²) in [7, 11) is 0. The molecule has 0 radical (unpaired) electrons. The van der Waals surface area contributed by atoms with Crippen molar-refractivity contribution in [3.05, 3.63) is 32.5 Å². The summed E-state index contributed by atoms with van der Waals surface area (Å²) >= 11 is 18.7. The van der Waals surface area contributed by atoms with Crippen LogP contribution in [0.4, 0.5) is 0 Å². The number of hydrogen-bond donors (Lipinski definition) is 1. The maximum atomic E-state index is 6.34. The third kappa shape index (κ3) is 3.09. The topological polar surface area (TPSA) is 25.2 Å². The van der Waals surface area contributed by atoms with E-state index in [1.165, 1.54) is 0 Å². The minimum atomic E-state index is 0.382. The van der Waals surface area contributed by atoms with E-state index >= 15 is 0 Å². The monoisotopic (exact) mass is 333 g/mol. The summed E-state index contributed by atoms with van der Waals surface area (Å²) < 4.78 is 5.93. The van der Waals surface area contributed by atoms with Crippen molar-refractivity contribution >= 4 is 45.8 Å². The molecule has 0 atom stereocenters. The second kappa shape index (κ2) is 6.57. The van der Waals surface area contributed by atoms with Crippen molar-refractivity contribution in [2.45, 2.75) is 46.2 Å². The predicted octanol–water partition coefficient (Wildman–Crippen LogP) is 5.84. The first-order valence-electron chi connectivity index (χ1n) is 6.76. The van der Waals surface area contributed by atoms with E-state index < -0.39 is 0 Å². The SMILES string of the molecule is CCCc1c(CNC(C)C)oc2c(Cl)cc(Cl)c(Cl)c12. The summed E-state index contributed by atoms with van der Waals surface area (Å²) in [4.78, 5) is 0. The molecule has 0 amide bonds. The van der Waals surface area contributed by atoms with Crippen molar-refractivity contribution in [3.63, 3.8) is 0 Å².